The van der Waals surface area contributed by atoms with Gasteiger partial charge in [0.15, 0.2) is 0 Å². The van der Waals surface area contributed by atoms with E-state index in [-0.39, 0.29) is 0 Å². The lowest BCUT2D eigenvalue weighted by molar-refractivity contribution is 0.0165. The maximum absolute atomic E-state index is 5.56. The molecule has 0 heterocycles. The summed E-state index contributed by atoms with van der Waals surface area (Å²) in [6.45, 7) is 6.32. The third-order valence-electron chi connectivity index (χ3n) is 3.86. The summed E-state index contributed by atoms with van der Waals surface area (Å²) in [5.41, 5.74) is 0. The molecule has 0 rings (SSSR count). The molecule has 0 atom stereocenters. The second-order valence-corrected chi connectivity index (χ2v) is 6.44. The molecular formula is C19H39ClO3. The van der Waals surface area contributed by atoms with E-state index in [4.69, 9.17) is 25.8 Å². The van der Waals surface area contributed by atoms with E-state index in [9.17, 15) is 0 Å². The van der Waals surface area contributed by atoms with E-state index in [2.05, 4.69) is 6.92 Å². The van der Waals surface area contributed by atoms with Crippen LogP contribution in [0.3, 0.4) is 0 Å². The van der Waals surface area contributed by atoms with Crippen LogP contribution in [0.4, 0.5) is 0 Å². The SMILES string of the molecule is CCCCCCCCCCCCCOCCOCCOCCCl. The van der Waals surface area contributed by atoms with Crippen molar-refractivity contribution < 1.29 is 14.2 Å². The van der Waals surface area contributed by atoms with Crippen molar-refractivity contribution in [2.24, 2.45) is 0 Å². The molecule has 0 amide bonds. The fourth-order valence-electron chi connectivity index (χ4n) is 2.46. The van der Waals surface area contributed by atoms with Gasteiger partial charge in [-0.3, -0.25) is 0 Å². The van der Waals surface area contributed by atoms with Gasteiger partial charge in [0, 0.05) is 12.5 Å². The van der Waals surface area contributed by atoms with Crippen molar-refractivity contribution in [1.29, 1.82) is 0 Å². The quantitative estimate of drug-likeness (QED) is 0.212. The third-order valence-corrected chi connectivity index (χ3v) is 4.01. The molecule has 0 bridgehead atoms. The molecule has 0 spiro atoms. The summed E-state index contributed by atoms with van der Waals surface area (Å²) in [5, 5.41) is 0. The normalized spacial score (nSPS) is 11.2. The summed E-state index contributed by atoms with van der Waals surface area (Å²) < 4.78 is 16.2. The Labute approximate surface area is 149 Å². The van der Waals surface area contributed by atoms with E-state index in [0.29, 0.717) is 38.9 Å². The summed E-state index contributed by atoms with van der Waals surface area (Å²) in [6, 6.07) is 0. The van der Waals surface area contributed by atoms with Gasteiger partial charge in [0.05, 0.1) is 33.0 Å². The second-order valence-electron chi connectivity index (χ2n) is 6.06. The summed E-state index contributed by atoms with van der Waals surface area (Å²) >= 11 is 5.50. The smallest absolute Gasteiger partial charge is 0.0701 e. The zero-order valence-corrected chi connectivity index (χ0v) is 16.1. The van der Waals surface area contributed by atoms with Crippen molar-refractivity contribution in [2.75, 3.05) is 45.5 Å². The average Bonchev–Trinajstić information content (AvgIpc) is 2.57. The van der Waals surface area contributed by atoms with Gasteiger partial charge < -0.3 is 14.2 Å². The highest BCUT2D eigenvalue weighted by Gasteiger charge is 1.94. The second kappa shape index (κ2) is 22.2. The average molecular weight is 351 g/mol. The topological polar surface area (TPSA) is 27.7 Å². The lowest BCUT2D eigenvalue weighted by Crippen LogP contribution is -2.10. The van der Waals surface area contributed by atoms with E-state index in [1.165, 1.54) is 70.6 Å². The fourth-order valence-corrected chi connectivity index (χ4v) is 2.57. The van der Waals surface area contributed by atoms with Gasteiger partial charge in [0.2, 0.25) is 0 Å². The van der Waals surface area contributed by atoms with Crippen LogP contribution < -0.4 is 0 Å². The van der Waals surface area contributed by atoms with Crippen LogP contribution in [0.15, 0.2) is 0 Å². The lowest BCUT2D eigenvalue weighted by atomic mass is 10.1. The molecule has 0 N–H and O–H groups in total. The van der Waals surface area contributed by atoms with Crippen molar-refractivity contribution in [3.05, 3.63) is 0 Å². The first-order valence-corrected chi connectivity index (χ1v) is 10.2. The summed E-state index contributed by atoms with van der Waals surface area (Å²) in [6.07, 6.45) is 15.1. The van der Waals surface area contributed by atoms with E-state index < -0.39 is 0 Å². The minimum Gasteiger partial charge on any atom is -0.379 e. The molecule has 0 saturated heterocycles. The maximum atomic E-state index is 5.56. The summed E-state index contributed by atoms with van der Waals surface area (Å²) in [7, 11) is 0. The first kappa shape index (κ1) is 23.2. The van der Waals surface area contributed by atoms with Gasteiger partial charge in [-0.2, -0.15) is 0 Å². The molecule has 4 heteroatoms. The Morgan fingerprint density at radius 1 is 0.478 bits per heavy atom. The van der Waals surface area contributed by atoms with Crippen molar-refractivity contribution in [3.63, 3.8) is 0 Å². The van der Waals surface area contributed by atoms with Crippen LogP contribution in [-0.2, 0) is 14.2 Å². The highest BCUT2D eigenvalue weighted by atomic mass is 35.5. The van der Waals surface area contributed by atoms with Crippen LogP contribution in [0.5, 0.6) is 0 Å². The van der Waals surface area contributed by atoms with Crippen molar-refractivity contribution >= 4 is 11.6 Å². The highest BCUT2D eigenvalue weighted by Crippen LogP contribution is 2.11. The number of unbranched alkanes of at least 4 members (excludes halogenated alkanes) is 10. The van der Waals surface area contributed by atoms with Crippen molar-refractivity contribution in [1.82, 2.24) is 0 Å². The molecular weight excluding hydrogens is 312 g/mol. The lowest BCUT2D eigenvalue weighted by Gasteiger charge is -2.06. The molecule has 0 fully saturated rings. The predicted molar refractivity (Wildman–Crippen MR) is 99.6 cm³/mol. The van der Waals surface area contributed by atoms with Crippen LogP contribution in [0, 0.1) is 0 Å². The van der Waals surface area contributed by atoms with Gasteiger partial charge >= 0.3 is 0 Å². The van der Waals surface area contributed by atoms with E-state index in [1.54, 1.807) is 0 Å². The van der Waals surface area contributed by atoms with Gasteiger partial charge in [-0.1, -0.05) is 71.1 Å². The maximum Gasteiger partial charge on any atom is 0.0701 e. The number of halogens is 1. The van der Waals surface area contributed by atoms with E-state index >= 15 is 0 Å². The van der Waals surface area contributed by atoms with Crippen LogP contribution in [0.1, 0.15) is 77.6 Å². The molecule has 0 aromatic carbocycles. The van der Waals surface area contributed by atoms with Gasteiger partial charge in [-0.15, -0.1) is 11.6 Å². The van der Waals surface area contributed by atoms with Crippen molar-refractivity contribution in [3.8, 4) is 0 Å². The first-order chi connectivity index (χ1) is 11.4. The van der Waals surface area contributed by atoms with E-state index in [1.807, 2.05) is 0 Å². The number of hydrogen-bond acceptors (Lipinski definition) is 3. The Hall–Kier alpha value is 0.170. The van der Waals surface area contributed by atoms with Gasteiger partial charge in [-0.25, -0.2) is 0 Å². The summed E-state index contributed by atoms with van der Waals surface area (Å²) in [5.74, 6) is 0.544. The minimum absolute atomic E-state index is 0.544. The monoisotopic (exact) mass is 350 g/mol. The molecule has 0 saturated carbocycles. The number of ether oxygens (including phenoxy) is 3. The highest BCUT2D eigenvalue weighted by molar-refractivity contribution is 6.17. The fraction of sp³-hybridized carbons (Fsp3) is 1.00. The van der Waals surface area contributed by atoms with Gasteiger partial charge in [-0.05, 0) is 6.42 Å². The van der Waals surface area contributed by atoms with Crippen LogP contribution in [-0.4, -0.2) is 45.5 Å². The Bertz CT molecular complexity index is 183. The third kappa shape index (κ3) is 22.2. The predicted octanol–water partition coefficient (Wildman–Crippen LogP) is 5.59. The minimum atomic E-state index is 0.544. The van der Waals surface area contributed by atoms with Crippen LogP contribution >= 0.6 is 11.6 Å². The number of hydrogen-bond donors (Lipinski definition) is 0. The molecule has 0 aromatic heterocycles. The Kier molecular flexibility index (Phi) is 22.3. The summed E-state index contributed by atoms with van der Waals surface area (Å²) in [4.78, 5) is 0. The molecule has 0 aliphatic carbocycles. The molecule has 3 nitrogen and oxygen atoms in total. The molecule has 0 aliphatic rings. The van der Waals surface area contributed by atoms with E-state index in [0.717, 1.165) is 6.61 Å². The zero-order chi connectivity index (χ0) is 16.8. The molecule has 23 heavy (non-hydrogen) atoms. The molecule has 0 aromatic rings. The Balaban J connectivity index is 2.92. The first-order valence-electron chi connectivity index (χ1n) is 9.71. The van der Waals surface area contributed by atoms with Crippen LogP contribution in [0.25, 0.3) is 0 Å². The van der Waals surface area contributed by atoms with Crippen molar-refractivity contribution in [2.45, 2.75) is 77.6 Å². The Morgan fingerprint density at radius 2 is 0.870 bits per heavy atom. The Morgan fingerprint density at radius 3 is 1.35 bits per heavy atom. The molecule has 0 radical (unpaired) electrons. The standard InChI is InChI=1S/C19H39ClO3/c1-2-3-4-5-6-7-8-9-10-11-12-14-21-16-18-23-19-17-22-15-13-20/h2-19H2,1H3. The van der Waals surface area contributed by atoms with Crippen LogP contribution in [0.2, 0.25) is 0 Å². The van der Waals surface area contributed by atoms with Gasteiger partial charge in [0.25, 0.3) is 0 Å². The largest absolute Gasteiger partial charge is 0.379 e. The van der Waals surface area contributed by atoms with Gasteiger partial charge in [0.1, 0.15) is 0 Å². The molecule has 140 valence electrons. The molecule has 0 unspecified atom stereocenters. The number of rotatable bonds is 20. The number of alkyl halides is 1. The zero-order valence-electron chi connectivity index (χ0n) is 15.3. The molecule has 0 aliphatic heterocycles.